The molecular weight excluding hydrogens is 332 g/mol. The number of nitriles is 1. The maximum absolute atomic E-state index is 13.2. The smallest absolute Gasteiger partial charge is 0.311 e. The SMILES string of the molecule is CC1(C)C2=C(C(=O)c3cc([N+](=O)[O-])c(O)cc31)c1ccc(C#N)cc1C2. The highest BCUT2D eigenvalue weighted by Crippen LogP contribution is 2.51. The number of fused-ring (bicyclic) bond motifs is 3. The second kappa shape index (κ2) is 5.02. The monoisotopic (exact) mass is 346 g/mol. The Labute approximate surface area is 149 Å². The summed E-state index contributed by atoms with van der Waals surface area (Å²) in [5.41, 5.74) is 3.45. The molecule has 0 radical (unpaired) electrons. The molecule has 0 heterocycles. The van der Waals surface area contributed by atoms with Gasteiger partial charge in [-0.2, -0.15) is 5.26 Å². The Kier molecular flexibility index (Phi) is 3.10. The number of Topliss-reactive ketones (excluding diaryl/α,β-unsaturated/α-hetero) is 1. The van der Waals surface area contributed by atoms with Crippen molar-refractivity contribution in [2.75, 3.05) is 0 Å². The first kappa shape index (κ1) is 16.0. The molecule has 6 heteroatoms. The second-order valence-corrected chi connectivity index (χ2v) is 7.11. The van der Waals surface area contributed by atoms with Crippen molar-refractivity contribution in [3.63, 3.8) is 0 Å². The predicted octanol–water partition coefficient (Wildman–Crippen LogP) is 3.66. The average molecular weight is 346 g/mol. The topological polar surface area (TPSA) is 104 Å². The van der Waals surface area contributed by atoms with Gasteiger partial charge in [0.05, 0.1) is 16.6 Å². The van der Waals surface area contributed by atoms with E-state index in [0.29, 0.717) is 23.1 Å². The number of allylic oxidation sites excluding steroid dienone is 2. The molecule has 1 N–H and O–H groups in total. The number of nitro groups is 1. The summed E-state index contributed by atoms with van der Waals surface area (Å²) in [6.45, 7) is 3.88. The summed E-state index contributed by atoms with van der Waals surface area (Å²) in [4.78, 5) is 23.6. The van der Waals surface area contributed by atoms with Crippen molar-refractivity contribution in [3.05, 3.63) is 73.8 Å². The van der Waals surface area contributed by atoms with Crippen LogP contribution < -0.4 is 0 Å². The van der Waals surface area contributed by atoms with E-state index in [2.05, 4.69) is 6.07 Å². The van der Waals surface area contributed by atoms with Crippen molar-refractivity contribution in [1.29, 1.82) is 5.26 Å². The lowest BCUT2D eigenvalue weighted by molar-refractivity contribution is -0.385. The zero-order chi connectivity index (χ0) is 18.8. The molecule has 0 spiro atoms. The van der Waals surface area contributed by atoms with Gasteiger partial charge in [-0.25, -0.2) is 0 Å². The number of benzene rings is 2. The fourth-order valence-corrected chi connectivity index (χ4v) is 4.01. The van der Waals surface area contributed by atoms with Crippen molar-refractivity contribution in [1.82, 2.24) is 0 Å². The first-order chi connectivity index (χ1) is 12.3. The van der Waals surface area contributed by atoms with Crippen molar-refractivity contribution in [3.8, 4) is 11.8 Å². The number of carbonyl (C=O) groups excluding carboxylic acids is 1. The number of aromatic hydroxyl groups is 1. The molecule has 0 bridgehead atoms. The summed E-state index contributed by atoms with van der Waals surface area (Å²) >= 11 is 0. The molecule has 2 aliphatic rings. The van der Waals surface area contributed by atoms with Crippen LogP contribution in [0.15, 0.2) is 35.9 Å². The van der Waals surface area contributed by atoms with Gasteiger partial charge >= 0.3 is 5.69 Å². The molecule has 26 heavy (non-hydrogen) atoms. The van der Waals surface area contributed by atoms with Crippen LogP contribution in [-0.2, 0) is 11.8 Å². The zero-order valence-electron chi connectivity index (χ0n) is 14.2. The van der Waals surface area contributed by atoms with Gasteiger partial charge in [-0.05, 0) is 46.9 Å². The van der Waals surface area contributed by atoms with Crippen molar-refractivity contribution >= 4 is 17.0 Å². The summed E-state index contributed by atoms with van der Waals surface area (Å²) in [6.07, 6.45) is 0.538. The molecule has 2 aromatic carbocycles. The fourth-order valence-electron chi connectivity index (χ4n) is 4.01. The van der Waals surface area contributed by atoms with Gasteiger partial charge in [-0.15, -0.1) is 0 Å². The number of phenols is 1. The van der Waals surface area contributed by atoms with E-state index in [1.54, 1.807) is 18.2 Å². The highest BCUT2D eigenvalue weighted by molar-refractivity contribution is 6.33. The van der Waals surface area contributed by atoms with Gasteiger partial charge in [-0.1, -0.05) is 19.9 Å². The fraction of sp³-hybridized carbons (Fsp3) is 0.200. The highest BCUT2D eigenvalue weighted by Gasteiger charge is 2.44. The van der Waals surface area contributed by atoms with E-state index >= 15 is 0 Å². The van der Waals surface area contributed by atoms with Crippen LogP contribution in [0.2, 0.25) is 0 Å². The number of nitro benzene ring substituents is 1. The number of ketones is 1. The number of carbonyl (C=O) groups is 1. The molecular formula is C20H14N2O4. The van der Waals surface area contributed by atoms with E-state index in [9.17, 15) is 20.0 Å². The van der Waals surface area contributed by atoms with E-state index in [1.807, 2.05) is 13.8 Å². The lowest BCUT2D eigenvalue weighted by Crippen LogP contribution is -2.29. The summed E-state index contributed by atoms with van der Waals surface area (Å²) in [6, 6.07) is 9.82. The standard InChI is InChI=1S/C20H14N2O4/c1-20(2)14-8-17(23)16(22(25)26)7-13(14)19(24)18-12-4-3-10(9-21)5-11(12)6-15(18)20/h3-5,7-8,23H,6H2,1-2H3. The van der Waals surface area contributed by atoms with Crippen molar-refractivity contribution in [2.24, 2.45) is 0 Å². The Bertz CT molecular complexity index is 1100. The first-order valence-corrected chi connectivity index (χ1v) is 8.09. The molecule has 6 nitrogen and oxygen atoms in total. The van der Waals surface area contributed by atoms with Gasteiger partial charge in [0.15, 0.2) is 11.5 Å². The third-order valence-electron chi connectivity index (χ3n) is 5.38. The molecule has 0 saturated heterocycles. The van der Waals surface area contributed by atoms with Crippen LogP contribution >= 0.6 is 0 Å². The minimum atomic E-state index is -0.693. The normalized spacial score (nSPS) is 16.6. The van der Waals surface area contributed by atoms with Gasteiger partial charge in [-0.3, -0.25) is 14.9 Å². The van der Waals surface area contributed by atoms with Gasteiger partial charge in [0, 0.05) is 22.6 Å². The average Bonchev–Trinajstić information content (AvgIpc) is 2.99. The molecule has 2 aromatic rings. The molecule has 0 unspecified atom stereocenters. The number of rotatable bonds is 1. The molecule has 0 atom stereocenters. The third kappa shape index (κ3) is 1.94. The molecule has 0 saturated carbocycles. The number of hydrogen-bond donors (Lipinski definition) is 1. The first-order valence-electron chi connectivity index (χ1n) is 8.09. The van der Waals surface area contributed by atoms with Crippen LogP contribution in [0, 0.1) is 21.4 Å². The van der Waals surface area contributed by atoms with Crippen LogP contribution in [0.3, 0.4) is 0 Å². The summed E-state index contributed by atoms with van der Waals surface area (Å²) in [5, 5.41) is 30.3. The van der Waals surface area contributed by atoms with Gasteiger partial charge in [0.1, 0.15) is 0 Å². The maximum atomic E-state index is 13.2. The van der Waals surface area contributed by atoms with Crippen LogP contribution in [0.25, 0.3) is 5.57 Å². The Morgan fingerprint density at radius 2 is 1.96 bits per heavy atom. The molecule has 0 amide bonds. The molecule has 0 fully saturated rings. The molecule has 128 valence electrons. The van der Waals surface area contributed by atoms with Crippen LogP contribution in [0.5, 0.6) is 5.75 Å². The van der Waals surface area contributed by atoms with Crippen LogP contribution in [-0.4, -0.2) is 15.8 Å². The summed E-state index contributed by atoms with van der Waals surface area (Å²) in [5.74, 6) is -0.721. The van der Waals surface area contributed by atoms with Gasteiger partial charge < -0.3 is 5.11 Å². The quantitative estimate of drug-likeness (QED) is 0.627. The van der Waals surface area contributed by atoms with E-state index < -0.39 is 21.8 Å². The van der Waals surface area contributed by atoms with E-state index in [0.717, 1.165) is 16.7 Å². The number of hydrogen-bond acceptors (Lipinski definition) is 5. The highest BCUT2D eigenvalue weighted by atomic mass is 16.6. The minimum Gasteiger partial charge on any atom is -0.502 e. The molecule has 4 rings (SSSR count). The van der Waals surface area contributed by atoms with Crippen LogP contribution in [0.4, 0.5) is 5.69 Å². The lowest BCUT2D eigenvalue weighted by atomic mass is 9.68. The van der Waals surface area contributed by atoms with Gasteiger partial charge in [0.25, 0.3) is 0 Å². The molecule has 2 aliphatic carbocycles. The van der Waals surface area contributed by atoms with Crippen LogP contribution in [0.1, 0.15) is 46.5 Å². The Hall–Kier alpha value is -3.46. The number of nitrogens with zero attached hydrogens (tertiary/aromatic N) is 2. The minimum absolute atomic E-state index is 0.246. The maximum Gasteiger partial charge on any atom is 0.311 e. The Balaban J connectivity index is 1.97. The van der Waals surface area contributed by atoms with Crippen molar-refractivity contribution < 1.29 is 14.8 Å². The van der Waals surface area contributed by atoms with E-state index in [4.69, 9.17) is 5.26 Å². The Morgan fingerprint density at radius 1 is 1.23 bits per heavy atom. The third-order valence-corrected chi connectivity index (χ3v) is 5.38. The number of phenolic OH excluding ortho intramolecular Hbond substituents is 1. The summed E-state index contributed by atoms with van der Waals surface area (Å²) in [7, 11) is 0. The zero-order valence-corrected chi connectivity index (χ0v) is 14.2. The van der Waals surface area contributed by atoms with E-state index in [-0.39, 0.29) is 11.3 Å². The second-order valence-electron chi connectivity index (χ2n) is 7.11. The molecule has 0 aromatic heterocycles. The van der Waals surface area contributed by atoms with Crippen molar-refractivity contribution in [2.45, 2.75) is 25.7 Å². The Morgan fingerprint density at radius 3 is 2.62 bits per heavy atom. The lowest BCUT2D eigenvalue weighted by Gasteiger charge is -2.34. The van der Waals surface area contributed by atoms with Gasteiger partial charge in [0.2, 0.25) is 0 Å². The summed E-state index contributed by atoms with van der Waals surface area (Å²) < 4.78 is 0. The largest absolute Gasteiger partial charge is 0.502 e. The molecule has 0 aliphatic heterocycles. The predicted molar refractivity (Wildman–Crippen MR) is 93.9 cm³/mol. The van der Waals surface area contributed by atoms with E-state index in [1.165, 1.54) is 12.1 Å².